The Kier molecular flexibility index (Phi) is 4.33. The van der Waals surface area contributed by atoms with Gasteiger partial charge in [0.05, 0.1) is 10.6 Å². The predicted molar refractivity (Wildman–Crippen MR) is 110 cm³/mol. The molecule has 1 atom stereocenters. The summed E-state index contributed by atoms with van der Waals surface area (Å²) in [6, 6.07) is 14.8. The largest absolute Gasteiger partial charge is 0.482 e. The van der Waals surface area contributed by atoms with E-state index in [9.17, 15) is 13.2 Å². The summed E-state index contributed by atoms with van der Waals surface area (Å²) in [5.41, 5.74) is 2.52. The van der Waals surface area contributed by atoms with Gasteiger partial charge in [0.1, 0.15) is 5.75 Å². The fraction of sp³-hybridized carbons (Fsp3) is 0.286. The summed E-state index contributed by atoms with van der Waals surface area (Å²) in [5.74, 6) is 0.314. The first-order valence-corrected chi connectivity index (χ1v) is 11.1. The summed E-state index contributed by atoms with van der Waals surface area (Å²) in [5, 5.41) is 3.81. The molecule has 29 heavy (non-hydrogen) atoms. The zero-order valence-corrected chi connectivity index (χ0v) is 16.5. The van der Waals surface area contributed by atoms with E-state index < -0.39 is 10.0 Å². The smallest absolute Gasteiger partial charge is 0.262 e. The number of nitrogens with zero attached hydrogens (tertiary/aromatic N) is 1. The Morgan fingerprint density at radius 3 is 2.83 bits per heavy atom. The number of aromatic nitrogens is 1. The second-order valence-corrected chi connectivity index (χ2v) is 9.45. The van der Waals surface area contributed by atoms with Crippen LogP contribution in [0.4, 0.5) is 5.69 Å². The third-order valence-corrected chi connectivity index (χ3v) is 7.46. The van der Waals surface area contributed by atoms with Crippen LogP contribution in [0.2, 0.25) is 0 Å². The monoisotopic (exact) mass is 411 g/mol. The molecular formula is C21H21N3O4S. The van der Waals surface area contributed by atoms with Gasteiger partial charge in [-0.05, 0) is 48.6 Å². The second kappa shape index (κ2) is 6.89. The van der Waals surface area contributed by atoms with Gasteiger partial charge >= 0.3 is 0 Å². The van der Waals surface area contributed by atoms with Crippen LogP contribution in [0.3, 0.4) is 0 Å². The van der Waals surface area contributed by atoms with Gasteiger partial charge in [-0.3, -0.25) is 4.79 Å². The molecule has 3 aromatic rings. The topological polar surface area (TPSA) is 91.5 Å². The molecule has 0 bridgehead atoms. The Hall–Kier alpha value is -2.84. The number of rotatable bonds is 3. The number of piperidine rings is 1. The standard InChI is InChI=1S/C21H21N3O4S/c25-21-13-28-20-8-7-16(11-19(20)23-21)29(26,27)24-9-3-5-15(12-24)18-10-14-4-1-2-6-17(14)22-18/h1-2,4,6-8,10-11,15,22H,3,5,9,12-13H2,(H,23,25). The van der Waals surface area contributed by atoms with Gasteiger partial charge in [-0.15, -0.1) is 0 Å². The minimum absolute atomic E-state index is 0.0581. The molecule has 1 amide bonds. The molecule has 1 fully saturated rings. The molecule has 150 valence electrons. The van der Waals surface area contributed by atoms with Crippen molar-refractivity contribution in [3.8, 4) is 5.75 Å². The summed E-state index contributed by atoms with van der Waals surface area (Å²) >= 11 is 0. The van der Waals surface area contributed by atoms with Crippen molar-refractivity contribution in [3.63, 3.8) is 0 Å². The van der Waals surface area contributed by atoms with Crippen molar-refractivity contribution < 1.29 is 17.9 Å². The molecule has 0 aliphatic carbocycles. The Balaban J connectivity index is 1.42. The second-order valence-electron chi connectivity index (χ2n) is 7.51. The summed E-state index contributed by atoms with van der Waals surface area (Å²) in [6.07, 6.45) is 1.73. The van der Waals surface area contributed by atoms with Crippen LogP contribution in [0.25, 0.3) is 10.9 Å². The molecular weight excluding hydrogens is 390 g/mol. The van der Waals surface area contributed by atoms with Gasteiger partial charge in [-0.25, -0.2) is 8.42 Å². The number of anilines is 1. The van der Waals surface area contributed by atoms with Crippen molar-refractivity contribution in [2.24, 2.45) is 0 Å². The van der Waals surface area contributed by atoms with Crippen LogP contribution in [-0.4, -0.2) is 43.3 Å². The number of fused-ring (bicyclic) bond motifs is 2. The molecule has 8 heteroatoms. The van der Waals surface area contributed by atoms with Gasteiger partial charge in [0.25, 0.3) is 5.91 Å². The highest BCUT2D eigenvalue weighted by Crippen LogP contribution is 2.34. The van der Waals surface area contributed by atoms with E-state index in [4.69, 9.17) is 4.74 Å². The predicted octanol–water partition coefficient (Wildman–Crippen LogP) is 3.07. The van der Waals surface area contributed by atoms with E-state index in [0.717, 1.165) is 29.4 Å². The lowest BCUT2D eigenvalue weighted by Crippen LogP contribution is -2.39. The van der Waals surface area contributed by atoms with Crippen molar-refractivity contribution in [1.29, 1.82) is 0 Å². The number of H-pyrrole nitrogens is 1. The van der Waals surface area contributed by atoms with Gasteiger partial charge in [0.15, 0.2) is 6.61 Å². The summed E-state index contributed by atoms with van der Waals surface area (Å²) in [6.45, 7) is 0.853. The van der Waals surface area contributed by atoms with E-state index in [-0.39, 0.29) is 23.3 Å². The van der Waals surface area contributed by atoms with Gasteiger partial charge < -0.3 is 15.0 Å². The first-order chi connectivity index (χ1) is 14.0. The lowest BCUT2D eigenvalue weighted by Gasteiger charge is -2.31. The molecule has 1 aromatic heterocycles. The average molecular weight is 411 g/mol. The highest BCUT2D eigenvalue weighted by atomic mass is 32.2. The van der Waals surface area contributed by atoms with Crippen molar-refractivity contribution in [3.05, 3.63) is 54.2 Å². The molecule has 5 rings (SSSR count). The van der Waals surface area contributed by atoms with Crippen LogP contribution in [-0.2, 0) is 14.8 Å². The molecule has 1 unspecified atom stereocenters. The molecule has 0 saturated carbocycles. The molecule has 2 aliphatic rings. The fourth-order valence-electron chi connectivity index (χ4n) is 4.10. The van der Waals surface area contributed by atoms with E-state index in [1.807, 2.05) is 18.2 Å². The number of hydrogen-bond donors (Lipinski definition) is 2. The quantitative estimate of drug-likeness (QED) is 0.693. The van der Waals surface area contributed by atoms with E-state index in [1.165, 1.54) is 12.1 Å². The van der Waals surface area contributed by atoms with Crippen molar-refractivity contribution in [2.75, 3.05) is 25.0 Å². The van der Waals surface area contributed by atoms with Crippen LogP contribution < -0.4 is 10.1 Å². The van der Waals surface area contributed by atoms with Crippen LogP contribution in [0, 0.1) is 0 Å². The maximum Gasteiger partial charge on any atom is 0.262 e. The zero-order chi connectivity index (χ0) is 20.0. The number of nitrogens with one attached hydrogen (secondary N) is 2. The normalized spacial score (nSPS) is 20.1. The van der Waals surface area contributed by atoms with Gasteiger partial charge in [0.2, 0.25) is 10.0 Å². The van der Waals surface area contributed by atoms with E-state index in [2.05, 4.69) is 22.4 Å². The molecule has 2 aliphatic heterocycles. The Bertz CT molecular complexity index is 1170. The maximum absolute atomic E-state index is 13.3. The molecule has 0 spiro atoms. The lowest BCUT2D eigenvalue weighted by molar-refractivity contribution is -0.118. The maximum atomic E-state index is 13.3. The Morgan fingerprint density at radius 1 is 1.10 bits per heavy atom. The Labute approximate surface area is 168 Å². The number of amides is 1. The number of carbonyl (C=O) groups is 1. The summed E-state index contributed by atoms with van der Waals surface area (Å²) in [4.78, 5) is 15.2. The fourth-order valence-corrected chi connectivity index (χ4v) is 5.65. The minimum atomic E-state index is -3.67. The number of hydrogen-bond acceptors (Lipinski definition) is 4. The average Bonchev–Trinajstić information content (AvgIpc) is 3.17. The number of carbonyl (C=O) groups excluding carboxylic acids is 1. The molecule has 7 nitrogen and oxygen atoms in total. The Morgan fingerprint density at radius 2 is 1.97 bits per heavy atom. The van der Waals surface area contributed by atoms with Crippen molar-refractivity contribution >= 4 is 32.5 Å². The third kappa shape index (κ3) is 3.28. The summed E-state index contributed by atoms with van der Waals surface area (Å²) in [7, 11) is -3.67. The first-order valence-electron chi connectivity index (χ1n) is 9.65. The molecule has 0 radical (unpaired) electrons. The summed E-state index contributed by atoms with van der Waals surface area (Å²) < 4.78 is 33.4. The van der Waals surface area contributed by atoms with Gasteiger partial charge in [0, 0.05) is 30.2 Å². The minimum Gasteiger partial charge on any atom is -0.482 e. The number of ether oxygens (including phenoxy) is 1. The molecule has 2 N–H and O–H groups in total. The van der Waals surface area contributed by atoms with Crippen LogP contribution in [0.15, 0.2) is 53.4 Å². The number of aromatic amines is 1. The van der Waals surface area contributed by atoms with Gasteiger partial charge in [-0.2, -0.15) is 4.31 Å². The van der Waals surface area contributed by atoms with E-state index >= 15 is 0 Å². The third-order valence-electron chi connectivity index (χ3n) is 5.60. The van der Waals surface area contributed by atoms with Crippen molar-refractivity contribution in [2.45, 2.75) is 23.7 Å². The van der Waals surface area contributed by atoms with Crippen LogP contribution in [0.1, 0.15) is 24.5 Å². The van der Waals surface area contributed by atoms with Crippen LogP contribution >= 0.6 is 0 Å². The SMILES string of the molecule is O=C1COc2ccc(S(=O)(=O)N3CCCC(c4cc5ccccc5[nH]4)C3)cc2N1. The first kappa shape index (κ1) is 18.2. The molecule has 1 saturated heterocycles. The molecule has 3 heterocycles. The van der Waals surface area contributed by atoms with Crippen molar-refractivity contribution in [1.82, 2.24) is 9.29 Å². The zero-order valence-electron chi connectivity index (χ0n) is 15.7. The van der Waals surface area contributed by atoms with Crippen LogP contribution in [0.5, 0.6) is 5.75 Å². The van der Waals surface area contributed by atoms with Gasteiger partial charge in [-0.1, -0.05) is 18.2 Å². The highest BCUT2D eigenvalue weighted by molar-refractivity contribution is 7.89. The number of benzene rings is 2. The number of sulfonamides is 1. The highest BCUT2D eigenvalue weighted by Gasteiger charge is 2.32. The van der Waals surface area contributed by atoms with E-state index in [1.54, 1.807) is 10.4 Å². The molecule has 2 aromatic carbocycles. The lowest BCUT2D eigenvalue weighted by atomic mass is 9.96. The number of para-hydroxylation sites is 1. The van der Waals surface area contributed by atoms with E-state index in [0.29, 0.717) is 24.5 Å².